The minimum atomic E-state index is 0.285. The zero-order valence-corrected chi connectivity index (χ0v) is 8.20. The number of phenols is 1. The Balaban J connectivity index is 1.98. The number of hydrogen-bond acceptors (Lipinski definition) is 4. The third kappa shape index (κ3) is 2.29. The third-order valence-electron chi connectivity index (χ3n) is 1.69. The Morgan fingerprint density at radius 3 is 3.00 bits per heavy atom. The van der Waals surface area contributed by atoms with Gasteiger partial charge < -0.3 is 9.63 Å². The average Bonchev–Trinajstić information content (AvgIpc) is 2.67. The van der Waals surface area contributed by atoms with Crippen molar-refractivity contribution in [3.05, 3.63) is 42.3 Å². The number of rotatable bonds is 3. The van der Waals surface area contributed by atoms with Crippen LogP contribution in [-0.4, -0.2) is 10.3 Å². The van der Waals surface area contributed by atoms with E-state index in [0.29, 0.717) is 0 Å². The van der Waals surface area contributed by atoms with E-state index in [0.717, 1.165) is 16.4 Å². The van der Waals surface area contributed by atoms with E-state index >= 15 is 0 Å². The predicted octanol–water partition coefficient (Wildman–Crippen LogP) is 2.67. The molecule has 0 saturated carbocycles. The van der Waals surface area contributed by atoms with Gasteiger partial charge in [0.05, 0.1) is 11.9 Å². The molecule has 0 fully saturated rings. The van der Waals surface area contributed by atoms with Crippen LogP contribution in [0.4, 0.5) is 0 Å². The van der Waals surface area contributed by atoms with Gasteiger partial charge in [-0.3, -0.25) is 0 Å². The van der Waals surface area contributed by atoms with Crippen molar-refractivity contribution in [2.45, 2.75) is 10.6 Å². The first-order valence-corrected chi connectivity index (χ1v) is 5.14. The molecule has 0 saturated heterocycles. The highest BCUT2D eigenvalue weighted by atomic mass is 32.2. The summed E-state index contributed by atoms with van der Waals surface area (Å²) in [5, 5.41) is 12.8. The van der Waals surface area contributed by atoms with Crippen LogP contribution in [0.25, 0.3) is 0 Å². The zero-order chi connectivity index (χ0) is 9.80. The summed E-state index contributed by atoms with van der Waals surface area (Å²) in [5.41, 5.74) is 0. The molecule has 0 amide bonds. The van der Waals surface area contributed by atoms with Crippen LogP contribution in [0.15, 0.2) is 45.9 Å². The molecule has 0 aliphatic rings. The standard InChI is InChI=1S/C10H9NO2S/c12-8-2-1-3-10(6-8)14-7-9-4-5-11-13-9/h1-6,12H,7H2. The van der Waals surface area contributed by atoms with Crippen LogP contribution in [-0.2, 0) is 5.75 Å². The van der Waals surface area contributed by atoms with E-state index in [1.165, 1.54) is 0 Å². The van der Waals surface area contributed by atoms with Crippen molar-refractivity contribution >= 4 is 11.8 Å². The lowest BCUT2D eigenvalue weighted by molar-refractivity contribution is 0.395. The van der Waals surface area contributed by atoms with Crippen molar-refractivity contribution in [2.75, 3.05) is 0 Å². The fraction of sp³-hybridized carbons (Fsp3) is 0.100. The van der Waals surface area contributed by atoms with Crippen molar-refractivity contribution in [1.29, 1.82) is 0 Å². The van der Waals surface area contributed by atoms with Gasteiger partial charge in [0.2, 0.25) is 0 Å². The Hall–Kier alpha value is -1.42. The Morgan fingerprint density at radius 1 is 1.36 bits per heavy atom. The molecule has 1 aromatic heterocycles. The maximum Gasteiger partial charge on any atom is 0.146 e. The Bertz CT molecular complexity index is 400. The van der Waals surface area contributed by atoms with Crippen LogP contribution in [0.5, 0.6) is 5.75 Å². The molecule has 1 aromatic carbocycles. The molecule has 3 nitrogen and oxygen atoms in total. The van der Waals surface area contributed by atoms with Crippen molar-refractivity contribution < 1.29 is 9.63 Å². The van der Waals surface area contributed by atoms with E-state index in [1.807, 2.05) is 18.2 Å². The van der Waals surface area contributed by atoms with E-state index in [2.05, 4.69) is 5.16 Å². The molecule has 1 N–H and O–H groups in total. The summed E-state index contributed by atoms with van der Waals surface area (Å²) in [6, 6.07) is 8.97. The highest BCUT2D eigenvalue weighted by Crippen LogP contribution is 2.25. The summed E-state index contributed by atoms with van der Waals surface area (Å²) in [5.74, 6) is 1.84. The van der Waals surface area contributed by atoms with E-state index in [4.69, 9.17) is 4.52 Å². The molecule has 0 bridgehead atoms. The third-order valence-corrected chi connectivity index (χ3v) is 2.71. The molecule has 14 heavy (non-hydrogen) atoms. The lowest BCUT2D eigenvalue weighted by Crippen LogP contribution is -1.75. The molecule has 72 valence electrons. The van der Waals surface area contributed by atoms with Gasteiger partial charge in [0.25, 0.3) is 0 Å². The molecule has 0 radical (unpaired) electrons. The van der Waals surface area contributed by atoms with E-state index in [9.17, 15) is 5.11 Å². The highest BCUT2D eigenvalue weighted by Gasteiger charge is 1.99. The van der Waals surface area contributed by atoms with Gasteiger partial charge in [-0.25, -0.2) is 0 Å². The van der Waals surface area contributed by atoms with Crippen molar-refractivity contribution in [2.24, 2.45) is 0 Å². The summed E-state index contributed by atoms with van der Waals surface area (Å²) in [6.45, 7) is 0. The van der Waals surface area contributed by atoms with Gasteiger partial charge in [-0.1, -0.05) is 11.2 Å². The number of aromatic nitrogens is 1. The largest absolute Gasteiger partial charge is 0.508 e. The molecule has 4 heteroatoms. The zero-order valence-electron chi connectivity index (χ0n) is 7.38. The fourth-order valence-corrected chi connectivity index (χ4v) is 1.88. The van der Waals surface area contributed by atoms with Crippen LogP contribution >= 0.6 is 11.8 Å². The second-order valence-electron chi connectivity index (χ2n) is 2.76. The number of thioether (sulfide) groups is 1. The summed E-state index contributed by atoms with van der Waals surface area (Å²) in [4.78, 5) is 1.02. The van der Waals surface area contributed by atoms with Gasteiger partial charge in [-0.2, -0.15) is 0 Å². The Labute approximate surface area is 85.7 Å². The summed E-state index contributed by atoms with van der Waals surface area (Å²) < 4.78 is 4.95. The van der Waals surface area contributed by atoms with Crippen molar-refractivity contribution in [3.63, 3.8) is 0 Å². The van der Waals surface area contributed by atoms with Gasteiger partial charge >= 0.3 is 0 Å². The molecule has 2 rings (SSSR count). The second-order valence-corrected chi connectivity index (χ2v) is 3.81. The van der Waals surface area contributed by atoms with Crippen LogP contribution in [0.3, 0.4) is 0 Å². The van der Waals surface area contributed by atoms with E-state index < -0.39 is 0 Å². The van der Waals surface area contributed by atoms with Crippen molar-refractivity contribution in [1.82, 2.24) is 5.16 Å². The summed E-state index contributed by atoms with van der Waals surface area (Å²) in [6.07, 6.45) is 1.62. The number of aromatic hydroxyl groups is 1. The summed E-state index contributed by atoms with van der Waals surface area (Å²) >= 11 is 1.60. The molecule has 0 aliphatic heterocycles. The van der Waals surface area contributed by atoms with E-state index in [1.54, 1.807) is 30.1 Å². The lowest BCUT2D eigenvalue weighted by Gasteiger charge is -1.98. The smallest absolute Gasteiger partial charge is 0.146 e. The molecule has 2 aromatic rings. The van der Waals surface area contributed by atoms with Crippen LogP contribution in [0, 0.1) is 0 Å². The van der Waals surface area contributed by atoms with E-state index in [-0.39, 0.29) is 5.75 Å². The maximum absolute atomic E-state index is 9.22. The first-order chi connectivity index (χ1) is 6.84. The van der Waals surface area contributed by atoms with Gasteiger partial charge in [-0.05, 0) is 18.2 Å². The predicted molar refractivity (Wildman–Crippen MR) is 54.2 cm³/mol. The first kappa shape index (κ1) is 9.15. The lowest BCUT2D eigenvalue weighted by atomic mass is 10.3. The van der Waals surface area contributed by atoms with Crippen LogP contribution in [0.1, 0.15) is 5.76 Å². The number of phenolic OH excluding ortho intramolecular Hbond substituents is 1. The first-order valence-electron chi connectivity index (χ1n) is 4.16. The average molecular weight is 207 g/mol. The normalized spacial score (nSPS) is 10.3. The minimum Gasteiger partial charge on any atom is -0.508 e. The number of hydrogen-bond donors (Lipinski definition) is 1. The molecule has 0 aliphatic carbocycles. The Morgan fingerprint density at radius 2 is 2.29 bits per heavy atom. The van der Waals surface area contributed by atoms with Gasteiger partial charge in [0.1, 0.15) is 11.5 Å². The summed E-state index contributed by atoms with van der Waals surface area (Å²) in [7, 11) is 0. The SMILES string of the molecule is Oc1cccc(SCc2ccno2)c1. The van der Waals surface area contributed by atoms with Crippen LogP contribution in [0.2, 0.25) is 0 Å². The molecule has 0 spiro atoms. The molecular formula is C10H9NO2S. The Kier molecular flexibility index (Phi) is 2.74. The highest BCUT2D eigenvalue weighted by molar-refractivity contribution is 7.98. The molecule has 0 unspecified atom stereocenters. The van der Waals surface area contributed by atoms with Crippen LogP contribution < -0.4 is 0 Å². The number of benzene rings is 1. The topological polar surface area (TPSA) is 46.3 Å². The minimum absolute atomic E-state index is 0.285. The molecule has 0 atom stereocenters. The molecule has 1 heterocycles. The monoisotopic (exact) mass is 207 g/mol. The van der Waals surface area contributed by atoms with Crippen molar-refractivity contribution in [3.8, 4) is 5.75 Å². The fourth-order valence-electron chi connectivity index (χ4n) is 1.04. The quantitative estimate of drug-likeness (QED) is 0.786. The molecular weight excluding hydrogens is 198 g/mol. The van der Waals surface area contributed by atoms with Gasteiger partial charge in [0.15, 0.2) is 0 Å². The number of nitrogens with zero attached hydrogens (tertiary/aromatic N) is 1. The maximum atomic E-state index is 9.22. The van der Waals surface area contributed by atoms with Gasteiger partial charge in [-0.15, -0.1) is 11.8 Å². The van der Waals surface area contributed by atoms with Gasteiger partial charge in [0, 0.05) is 11.0 Å². The second kappa shape index (κ2) is 4.19.